The third-order valence-corrected chi connectivity index (χ3v) is 3.43. The summed E-state index contributed by atoms with van der Waals surface area (Å²) in [4.78, 5) is 2.38. The summed E-state index contributed by atoms with van der Waals surface area (Å²) in [5, 5.41) is 0. The molecule has 2 fully saturated rings. The van der Waals surface area contributed by atoms with Gasteiger partial charge in [0.25, 0.3) is 0 Å². The summed E-state index contributed by atoms with van der Waals surface area (Å²) in [7, 11) is 2.19. The highest BCUT2D eigenvalue weighted by Gasteiger charge is 2.51. The van der Waals surface area contributed by atoms with Crippen LogP contribution in [-0.4, -0.2) is 37.2 Å². The fourth-order valence-electron chi connectivity index (χ4n) is 2.75. The van der Waals surface area contributed by atoms with Crippen LogP contribution in [0.1, 0.15) is 26.7 Å². The van der Waals surface area contributed by atoms with E-state index in [1.807, 2.05) is 0 Å². The topological polar surface area (TPSA) is 12.5 Å². The third kappa shape index (κ3) is 1.17. The van der Waals surface area contributed by atoms with Crippen LogP contribution < -0.4 is 0 Å². The second kappa shape index (κ2) is 2.46. The zero-order chi connectivity index (χ0) is 8.82. The minimum absolute atomic E-state index is 0.182. The summed E-state index contributed by atoms with van der Waals surface area (Å²) in [6.45, 7) is 7.94. The van der Waals surface area contributed by atoms with E-state index in [9.17, 15) is 0 Å². The van der Waals surface area contributed by atoms with Gasteiger partial charge >= 0.3 is 0 Å². The van der Waals surface area contributed by atoms with E-state index >= 15 is 0 Å². The predicted octanol–water partition coefficient (Wildman–Crippen LogP) is 1.51. The Morgan fingerprint density at radius 3 is 2.50 bits per heavy atom. The summed E-state index contributed by atoms with van der Waals surface area (Å²) in [6.07, 6.45) is 2.42. The van der Waals surface area contributed by atoms with E-state index in [4.69, 9.17) is 4.74 Å². The van der Waals surface area contributed by atoms with Crippen molar-refractivity contribution in [2.24, 2.45) is 5.41 Å². The fourth-order valence-corrected chi connectivity index (χ4v) is 2.75. The maximum absolute atomic E-state index is 5.87. The molecule has 0 aromatic heterocycles. The molecule has 1 spiro atoms. The second-order valence-corrected chi connectivity index (χ2v) is 4.94. The van der Waals surface area contributed by atoms with Crippen molar-refractivity contribution in [3.63, 3.8) is 0 Å². The molecular weight excluding hydrogens is 150 g/mol. The van der Waals surface area contributed by atoms with Crippen molar-refractivity contribution < 1.29 is 4.74 Å². The SMILES string of the molecule is CCC1(C)CC2(CO1)CN(C)C2. The molecule has 2 aliphatic rings. The highest BCUT2D eigenvalue weighted by Crippen LogP contribution is 2.46. The van der Waals surface area contributed by atoms with Crippen LogP contribution in [-0.2, 0) is 4.74 Å². The molecule has 2 heterocycles. The summed E-state index contributed by atoms with van der Waals surface area (Å²) < 4.78 is 5.87. The molecule has 1 atom stereocenters. The summed E-state index contributed by atoms with van der Waals surface area (Å²) in [5.41, 5.74) is 0.709. The third-order valence-electron chi connectivity index (χ3n) is 3.43. The molecule has 0 radical (unpaired) electrons. The Bertz CT molecular complexity index is 186. The number of nitrogens with zero attached hydrogens (tertiary/aromatic N) is 1. The van der Waals surface area contributed by atoms with Crippen LogP contribution in [0.2, 0.25) is 0 Å². The van der Waals surface area contributed by atoms with Gasteiger partial charge in [-0.15, -0.1) is 0 Å². The predicted molar refractivity (Wildman–Crippen MR) is 49.2 cm³/mol. The van der Waals surface area contributed by atoms with Crippen LogP contribution in [0.3, 0.4) is 0 Å². The van der Waals surface area contributed by atoms with Gasteiger partial charge in [-0.3, -0.25) is 0 Å². The Balaban J connectivity index is 1.99. The number of ether oxygens (including phenoxy) is 1. The first-order valence-corrected chi connectivity index (χ1v) is 4.90. The van der Waals surface area contributed by atoms with Gasteiger partial charge in [0.1, 0.15) is 0 Å². The van der Waals surface area contributed by atoms with Gasteiger partial charge in [-0.25, -0.2) is 0 Å². The molecule has 0 saturated carbocycles. The maximum atomic E-state index is 5.87. The molecule has 0 aromatic carbocycles. The van der Waals surface area contributed by atoms with Gasteiger partial charge in [-0.1, -0.05) is 6.92 Å². The lowest BCUT2D eigenvalue weighted by molar-refractivity contribution is -0.00782. The van der Waals surface area contributed by atoms with E-state index in [0.29, 0.717) is 5.41 Å². The van der Waals surface area contributed by atoms with Crippen molar-refractivity contribution in [2.45, 2.75) is 32.3 Å². The Labute approximate surface area is 74.9 Å². The van der Waals surface area contributed by atoms with Crippen molar-refractivity contribution >= 4 is 0 Å². The number of likely N-dealkylation sites (tertiary alicyclic amines) is 1. The molecule has 70 valence electrons. The highest BCUT2D eigenvalue weighted by molar-refractivity contribution is 5.02. The average molecular weight is 169 g/mol. The lowest BCUT2D eigenvalue weighted by atomic mass is 9.75. The first kappa shape index (κ1) is 8.52. The molecule has 2 saturated heterocycles. The molecule has 0 N–H and O–H groups in total. The average Bonchev–Trinajstić information content (AvgIpc) is 2.29. The number of hydrogen-bond donors (Lipinski definition) is 0. The van der Waals surface area contributed by atoms with Gasteiger partial charge in [0.15, 0.2) is 0 Å². The number of hydrogen-bond acceptors (Lipinski definition) is 2. The Morgan fingerprint density at radius 1 is 1.42 bits per heavy atom. The molecule has 2 rings (SSSR count). The van der Waals surface area contributed by atoms with Gasteiger partial charge in [0.2, 0.25) is 0 Å². The van der Waals surface area contributed by atoms with Crippen LogP contribution >= 0.6 is 0 Å². The van der Waals surface area contributed by atoms with Gasteiger partial charge < -0.3 is 9.64 Å². The van der Waals surface area contributed by atoms with E-state index in [-0.39, 0.29) is 5.60 Å². The van der Waals surface area contributed by atoms with Crippen molar-refractivity contribution in [1.82, 2.24) is 4.90 Å². The monoisotopic (exact) mass is 169 g/mol. The van der Waals surface area contributed by atoms with E-state index < -0.39 is 0 Å². The minimum atomic E-state index is 0.182. The molecule has 0 aromatic rings. The largest absolute Gasteiger partial charge is 0.375 e. The van der Waals surface area contributed by atoms with Crippen molar-refractivity contribution in [1.29, 1.82) is 0 Å². The summed E-state index contributed by atoms with van der Waals surface area (Å²) in [5.74, 6) is 0. The van der Waals surface area contributed by atoms with Crippen LogP contribution in [0, 0.1) is 5.41 Å². The molecule has 0 amide bonds. The number of rotatable bonds is 1. The Kier molecular flexibility index (Phi) is 1.74. The van der Waals surface area contributed by atoms with Crippen molar-refractivity contribution in [3.05, 3.63) is 0 Å². The summed E-state index contributed by atoms with van der Waals surface area (Å²) >= 11 is 0. The Hall–Kier alpha value is -0.0800. The molecule has 2 heteroatoms. The van der Waals surface area contributed by atoms with E-state index in [0.717, 1.165) is 13.0 Å². The fraction of sp³-hybridized carbons (Fsp3) is 1.00. The standard InChI is InChI=1S/C10H19NO/c1-4-9(2)5-10(8-12-9)6-11(3)7-10/h4-8H2,1-3H3. The van der Waals surface area contributed by atoms with Gasteiger partial charge in [-0.2, -0.15) is 0 Å². The zero-order valence-corrected chi connectivity index (χ0v) is 8.39. The summed E-state index contributed by atoms with van der Waals surface area (Å²) in [6, 6.07) is 0. The molecule has 2 nitrogen and oxygen atoms in total. The van der Waals surface area contributed by atoms with Crippen LogP contribution in [0.4, 0.5) is 0 Å². The van der Waals surface area contributed by atoms with Gasteiger partial charge in [0, 0.05) is 18.5 Å². The first-order valence-electron chi connectivity index (χ1n) is 4.90. The van der Waals surface area contributed by atoms with E-state index in [1.54, 1.807) is 0 Å². The lowest BCUT2D eigenvalue weighted by Gasteiger charge is -2.45. The molecule has 1 unspecified atom stereocenters. The van der Waals surface area contributed by atoms with Crippen molar-refractivity contribution in [3.8, 4) is 0 Å². The smallest absolute Gasteiger partial charge is 0.0659 e. The second-order valence-electron chi connectivity index (χ2n) is 4.94. The van der Waals surface area contributed by atoms with E-state index in [1.165, 1.54) is 19.5 Å². The molecular formula is C10H19NO. The van der Waals surface area contributed by atoms with Crippen LogP contribution in [0.15, 0.2) is 0 Å². The van der Waals surface area contributed by atoms with Crippen molar-refractivity contribution in [2.75, 3.05) is 26.7 Å². The van der Waals surface area contributed by atoms with Crippen LogP contribution in [0.25, 0.3) is 0 Å². The first-order chi connectivity index (χ1) is 5.58. The maximum Gasteiger partial charge on any atom is 0.0659 e. The molecule has 0 bridgehead atoms. The molecule has 0 aliphatic carbocycles. The van der Waals surface area contributed by atoms with Gasteiger partial charge in [-0.05, 0) is 26.8 Å². The molecule has 2 aliphatic heterocycles. The Morgan fingerprint density at radius 2 is 2.08 bits per heavy atom. The highest BCUT2D eigenvalue weighted by atomic mass is 16.5. The normalized spacial score (nSPS) is 40.2. The van der Waals surface area contributed by atoms with Crippen LogP contribution in [0.5, 0.6) is 0 Å². The quantitative estimate of drug-likeness (QED) is 0.590. The molecule has 12 heavy (non-hydrogen) atoms. The van der Waals surface area contributed by atoms with Gasteiger partial charge in [0.05, 0.1) is 12.2 Å². The lowest BCUT2D eigenvalue weighted by Crippen LogP contribution is -2.55. The minimum Gasteiger partial charge on any atom is -0.375 e. The van der Waals surface area contributed by atoms with E-state index in [2.05, 4.69) is 25.8 Å². The zero-order valence-electron chi connectivity index (χ0n) is 8.39.